The SMILES string of the molecule is Nc1ccc(Br)cc1S(=O)Cc1ccc(F)cc1. The smallest absolute Gasteiger partial charge is 0.123 e. The summed E-state index contributed by atoms with van der Waals surface area (Å²) in [6.07, 6.45) is 0. The van der Waals surface area contributed by atoms with Crippen molar-refractivity contribution < 1.29 is 8.60 Å². The minimum atomic E-state index is -1.24. The minimum Gasteiger partial charge on any atom is -0.398 e. The van der Waals surface area contributed by atoms with E-state index in [1.165, 1.54) is 12.1 Å². The van der Waals surface area contributed by atoms with Gasteiger partial charge < -0.3 is 5.73 Å². The lowest BCUT2D eigenvalue weighted by molar-refractivity contribution is 0.627. The Morgan fingerprint density at radius 1 is 1.17 bits per heavy atom. The van der Waals surface area contributed by atoms with Gasteiger partial charge in [0.1, 0.15) is 5.82 Å². The van der Waals surface area contributed by atoms with E-state index in [0.717, 1.165) is 10.0 Å². The molecule has 0 aliphatic carbocycles. The molecular weight excluding hydrogens is 317 g/mol. The number of rotatable bonds is 3. The van der Waals surface area contributed by atoms with Crippen molar-refractivity contribution in [1.29, 1.82) is 0 Å². The number of hydrogen-bond donors (Lipinski definition) is 1. The highest BCUT2D eigenvalue weighted by Gasteiger charge is 2.09. The maximum Gasteiger partial charge on any atom is 0.123 e. The predicted octanol–water partition coefficient (Wildman–Crippen LogP) is 3.48. The highest BCUT2D eigenvalue weighted by atomic mass is 79.9. The van der Waals surface area contributed by atoms with Gasteiger partial charge in [0.2, 0.25) is 0 Å². The number of halogens is 2. The zero-order chi connectivity index (χ0) is 13.1. The summed E-state index contributed by atoms with van der Waals surface area (Å²) >= 11 is 3.32. The Bertz CT molecular complexity index is 586. The molecule has 0 fully saturated rings. The van der Waals surface area contributed by atoms with Gasteiger partial charge in [0.25, 0.3) is 0 Å². The van der Waals surface area contributed by atoms with Crippen LogP contribution in [0.25, 0.3) is 0 Å². The normalized spacial score (nSPS) is 12.3. The minimum absolute atomic E-state index is 0.300. The molecule has 0 spiro atoms. The van der Waals surface area contributed by atoms with Gasteiger partial charge >= 0.3 is 0 Å². The van der Waals surface area contributed by atoms with Crippen LogP contribution in [0.2, 0.25) is 0 Å². The molecule has 0 aliphatic heterocycles. The first-order chi connectivity index (χ1) is 8.56. The van der Waals surface area contributed by atoms with Crippen LogP contribution < -0.4 is 5.73 Å². The molecule has 0 heterocycles. The third-order valence-electron chi connectivity index (χ3n) is 2.43. The van der Waals surface area contributed by atoms with Crippen molar-refractivity contribution >= 4 is 32.4 Å². The summed E-state index contributed by atoms with van der Waals surface area (Å²) in [7, 11) is -1.24. The van der Waals surface area contributed by atoms with Crippen LogP contribution in [-0.4, -0.2) is 4.21 Å². The molecule has 0 saturated carbocycles. The van der Waals surface area contributed by atoms with E-state index >= 15 is 0 Å². The Hall–Kier alpha value is -1.20. The lowest BCUT2D eigenvalue weighted by Crippen LogP contribution is -2.01. The van der Waals surface area contributed by atoms with E-state index in [1.807, 2.05) is 0 Å². The van der Waals surface area contributed by atoms with E-state index < -0.39 is 10.8 Å². The third kappa shape index (κ3) is 3.17. The molecule has 18 heavy (non-hydrogen) atoms. The number of anilines is 1. The summed E-state index contributed by atoms with van der Waals surface area (Å²) in [5.41, 5.74) is 7.11. The molecule has 0 aliphatic rings. The highest BCUT2D eigenvalue weighted by molar-refractivity contribution is 9.10. The van der Waals surface area contributed by atoms with Crippen LogP contribution >= 0.6 is 15.9 Å². The summed E-state index contributed by atoms with van der Waals surface area (Å²) < 4.78 is 25.8. The topological polar surface area (TPSA) is 43.1 Å². The second-order valence-electron chi connectivity index (χ2n) is 3.80. The second kappa shape index (κ2) is 5.63. The van der Waals surface area contributed by atoms with E-state index in [9.17, 15) is 8.60 Å². The van der Waals surface area contributed by atoms with Gasteiger partial charge in [-0.15, -0.1) is 0 Å². The van der Waals surface area contributed by atoms with Crippen LogP contribution in [0.15, 0.2) is 51.8 Å². The van der Waals surface area contributed by atoms with Crippen molar-refractivity contribution in [3.05, 3.63) is 58.3 Å². The largest absolute Gasteiger partial charge is 0.398 e. The van der Waals surface area contributed by atoms with E-state index in [-0.39, 0.29) is 5.82 Å². The van der Waals surface area contributed by atoms with Gasteiger partial charge in [-0.05, 0) is 35.9 Å². The van der Waals surface area contributed by atoms with Gasteiger partial charge in [0.05, 0.1) is 21.4 Å². The molecule has 0 aromatic heterocycles. The maximum atomic E-state index is 12.8. The van der Waals surface area contributed by atoms with Crippen molar-refractivity contribution in [3.63, 3.8) is 0 Å². The van der Waals surface area contributed by atoms with Crippen LogP contribution in [0.1, 0.15) is 5.56 Å². The molecule has 2 nitrogen and oxygen atoms in total. The Labute approximate surface area is 116 Å². The van der Waals surface area contributed by atoms with Gasteiger partial charge in [-0.2, -0.15) is 0 Å². The summed E-state index contributed by atoms with van der Waals surface area (Å²) in [5.74, 6) is 0.0208. The number of benzene rings is 2. The Morgan fingerprint density at radius 2 is 1.83 bits per heavy atom. The van der Waals surface area contributed by atoms with E-state index in [2.05, 4.69) is 15.9 Å². The fourth-order valence-corrected chi connectivity index (χ4v) is 3.27. The predicted molar refractivity (Wildman–Crippen MR) is 75.1 cm³/mol. The van der Waals surface area contributed by atoms with Crippen molar-refractivity contribution in [2.45, 2.75) is 10.6 Å². The third-order valence-corrected chi connectivity index (χ3v) is 4.36. The summed E-state index contributed by atoms with van der Waals surface area (Å²) in [6.45, 7) is 0. The molecule has 2 aromatic carbocycles. The van der Waals surface area contributed by atoms with Gasteiger partial charge in [-0.3, -0.25) is 4.21 Å². The first-order valence-electron chi connectivity index (χ1n) is 5.24. The van der Waals surface area contributed by atoms with Crippen molar-refractivity contribution in [2.24, 2.45) is 0 Å². The summed E-state index contributed by atoms with van der Waals surface area (Å²) in [5, 5.41) is 0. The fourth-order valence-electron chi connectivity index (χ4n) is 1.52. The second-order valence-corrected chi connectivity index (χ2v) is 6.13. The molecule has 94 valence electrons. The van der Waals surface area contributed by atoms with Gasteiger partial charge in [-0.25, -0.2) is 4.39 Å². The molecule has 0 radical (unpaired) electrons. The molecule has 2 aromatic rings. The van der Waals surface area contributed by atoms with Crippen molar-refractivity contribution in [3.8, 4) is 0 Å². The quantitative estimate of drug-likeness (QED) is 0.877. The Balaban J connectivity index is 2.21. The molecule has 0 amide bonds. The average Bonchev–Trinajstić information content (AvgIpc) is 2.35. The zero-order valence-corrected chi connectivity index (χ0v) is 11.8. The first kappa shape index (κ1) is 13.2. The van der Waals surface area contributed by atoms with Gasteiger partial charge in [0, 0.05) is 10.2 Å². The van der Waals surface area contributed by atoms with Crippen LogP contribution in [0, 0.1) is 5.82 Å². The Kier molecular flexibility index (Phi) is 4.14. The van der Waals surface area contributed by atoms with E-state index in [0.29, 0.717) is 16.3 Å². The summed E-state index contributed by atoms with van der Waals surface area (Å²) in [4.78, 5) is 0.591. The maximum absolute atomic E-state index is 12.8. The lowest BCUT2D eigenvalue weighted by Gasteiger charge is -2.06. The van der Waals surface area contributed by atoms with Crippen LogP contribution in [0.5, 0.6) is 0 Å². The summed E-state index contributed by atoms with van der Waals surface area (Å²) in [6, 6.07) is 11.2. The van der Waals surface area contributed by atoms with Crippen LogP contribution in [-0.2, 0) is 16.6 Å². The zero-order valence-electron chi connectivity index (χ0n) is 9.40. The molecule has 0 bridgehead atoms. The molecule has 1 unspecified atom stereocenters. The molecule has 1 atom stereocenters. The number of hydrogen-bond acceptors (Lipinski definition) is 2. The molecule has 0 saturated heterocycles. The van der Waals surface area contributed by atoms with Crippen LogP contribution in [0.3, 0.4) is 0 Å². The monoisotopic (exact) mass is 327 g/mol. The molecule has 2 rings (SSSR count). The van der Waals surface area contributed by atoms with Gasteiger partial charge in [-0.1, -0.05) is 28.1 Å². The van der Waals surface area contributed by atoms with Gasteiger partial charge in [0.15, 0.2) is 0 Å². The van der Waals surface area contributed by atoms with E-state index in [4.69, 9.17) is 5.73 Å². The molecule has 2 N–H and O–H groups in total. The standard InChI is InChI=1S/C13H11BrFNOS/c14-10-3-6-12(16)13(7-10)18(17)8-9-1-4-11(15)5-2-9/h1-7H,8,16H2. The average molecular weight is 328 g/mol. The van der Waals surface area contributed by atoms with Crippen molar-refractivity contribution in [1.82, 2.24) is 0 Å². The lowest BCUT2D eigenvalue weighted by atomic mass is 10.2. The first-order valence-corrected chi connectivity index (χ1v) is 7.35. The van der Waals surface area contributed by atoms with Crippen LogP contribution in [0.4, 0.5) is 10.1 Å². The number of nitrogens with two attached hydrogens (primary N) is 1. The fraction of sp³-hybridized carbons (Fsp3) is 0.0769. The van der Waals surface area contributed by atoms with E-state index in [1.54, 1.807) is 30.3 Å². The highest BCUT2D eigenvalue weighted by Crippen LogP contribution is 2.23. The van der Waals surface area contributed by atoms with Crippen molar-refractivity contribution in [2.75, 3.05) is 5.73 Å². The molecular formula is C13H11BrFNOS. The molecule has 5 heteroatoms. The number of nitrogen functional groups attached to an aromatic ring is 1. The Morgan fingerprint density at radius 3 is 2.50 bits per heavy atom.